The predicted octanol–water partition coefficient (Wildman–Crippen LogP) is 4.29. The van der Waals surface area contributed by atoms with E-state index in [1.807, 2.05) is 6.92 Å². The molecule has 3 heteroatoms. The SMILES string of the molecule is Cc1cc(NCC2(C)CCCCC2)nc(C(C)C)n1. The maximum Gasteiger partial charge on any atom is 0.133 e. The van der Waals surface area contributed by atoms with Gasteiger partial charge < -0.3 is 5.32 Å². The Morgan fingerprint density at radius 2 is 1.89 bits per heavy atom. The van der Waals surface area contributed by atoms with Gasteiger partial charge in [0, 0.05) is 24.2 Å². The lowest BCUT2D eigenvalue weighted by Crippen LogP contribution is -2.29. The van der Waals surface area contributed by atoms with Crippen LogP contribution in [0.1, 0.15) is 70.3 Å². The minimum atomic E-state index is 0.380. The monoisotopic (exact) mass is 261 g/mol. The lowest BCUT2D eigenvalue weighted by molar-refractivity contribution is 0.233. The molecule has 0 aromatic carbocycles. The van der Waals surface area contributed by atoms with Crippen LogP contribution in [0.2, 0.25) is 0 Å². The molecule has 1 aromatic heterocycles. The molecule has 0 bridgehead atoms. The maximum absolute atomic E-state index is 4.63. The van der Waals surface area contributed by atoms with Crippen LogP contribution >= 0.6 is 0 Å². The summed E-state index contributed by atoms with van der Waals surface area (Å²) in [5.74, 6) is 2.31. The van der Waals surface area contributed by atoms with Gasteiger partial charge in [-0.1, -0.05) is 40.0 Å². The van der Waals surface area contributed by atoms with Gasteiger partial charge in [0.2, 0.25) is 0 Å². The minimum Gasteiger partial charge on any atom is -0.369 e. The molecule has 3 nitrogen and oxygen atoms in total. The second-order valence-electron chi connectivity index (χ2n) is 6.63. The Labute approximate surface area is 117 Å². The van der Waals surface area contributed by atoms with E-state index in [9.17, 15) is 0 Å². The molecule has 0 unspecified atom stereocenters. The highest BCUT2D eigenvalue weighted by Crippen LogP contribution is 2.35. The molecule has 1 fully saturated rings. The van der Waals surface area contributed by atoms with Crippen molar-refractivity contribution in [2.24, 2.45) is 5.41 Å². The van der Waals surface area contributed by atoms with Gasteiger partial charge in [-0.2, -0.15) is 0 Å². The fraction of sp³-hybridized carbons (Fsp3) is 0.750. The number of hydrogen-bond donors (Lipinski definition) is 1. The van der Waals surface area contributed by atoms with Gasteiger partial charge >= 0.3 is 0 Å². The highest BCUT2D eigenvalue weighted by Gasteiger charge is 2.26. The lowest BCUT2D eigenvalue weighted by atomic mass is 9.76. The molecule has 0 amide bonds. The average Bonchev–Trinajstić information content (AvgIpc) is 2.37. The molecule has 0 saturated heterocycles. The first-order valence-corrected chi connectivity index (χ1v) is 7.58. The molecule has 106 valence electrons. The Morgan fingerprint density at radius 1 is 1.21 bits per heavy atom. The van der Waals surface area contributed by atoms with E-state index in [-0.39, 0.29) is 0 Å². The number of aromatic nitrogens is 2. The molecule has 0 radical (unpaired) electrons. The van der Waals surface area contributed by atoms with E-state index in [1.165, 1.54) is 32.1 Å². The van der Waals surface area contributed by atoms with Crippen LogP contribution < -0.4 is 5.32 Å². The van der Waals surface area contributed by atoms with Crippen molar-refractivity contribution in [1.82, 2.24) is 9.97 Å². The number of aryl methyl sites for hydroxylation is 1. The number of anilines is 1. The second kappa shape index (κ2) is 5.89. The van der Waals surface area contributed by atoms with Gasteiger partial charge in [0.15, 0.2) is 0 Å². The Morgan fingerprint density at radius 3 is 2.53 bits per heavy atom. The van der Waals surface area contributed by atoms with Crippen LogP contribution in [0.3, 0.4) is 0 Å². The highest BCUT2D eigenvalue weighted by atomic mass is 15.0. The molecule has 1 heterocycles. The fourth-order valence-electron chi connectivity index (χ4n) is 2.83. The third-order valence-electron chi connectivity index (χ3n) is 4.14. The van der Waals surface area contributed by atoms with Crippen molar-refractivity contribution < 1.29 is 0 Å². The van der Waals surface area contributed by atoms with Crippen molar-refractivity contribution in [2.45, 2.75) is 65.7 Å². The van der Waals surface area contributed by atoms with Gasteiger partial charge in [-0.3, -0.25) is 0 Å². The molecule has 1 aromatic rings. The summed E-state index contributed by atoms with van der Waals surface area (Å²) >= 11 is 0. The van der Waals surface area contributed by atoms with E-state index in [4.69, 9.17) is 0 Å². The zero-order chi connectivity index (χ0) is 13.9. The quantitative estimate of drug-likeness (QED) is 0.878. The standard InChI is InChI=1S/C16H27N3/c1-12(2)15-18-13(3)10-14(19-15)17-11-16(4)8-6-5-7-9-16/h10,12H,5-9,11H2,1-4H3,(H,17,18,19). The first-order valence-electron chi connectivity index (χ1n) is 7.58. The van der Waals surface area contributed by atoms with E-state index in [2.05, 4.69) is 42.1 Å². The summed E-state index contributed by atoms with van der Waals surface area (Å²) in [5.41, 5.74) is 1.49. The second-order valence-corrected chi connectivity index (χ2v) is 6.63. The van der Waals surface area contributed by atoms with Crippen LogP contribution in [0.4, 0.5) is 5.82 Å². The van der Waals surface area contributed by atoms with Gasteiger partial charge in [-0.15, -0.1) is 0 Å². The first kappa shape index (κ1) is 14.3. The Hall–Kier alpha value is -1.12. The predicted molar refractivity (Wildman–Crippen MR) is 80.5 cm³/mol. The first-order chi connectivity index (χ1) is 8.98. The topological polar surface area (TPSA) is 37.8 Å². The summed E-state index contributed by atoms with van der Waals surface area (Å²) in [4.78, 5) is 9.12. The van der Waals surface area contributed by atoms with Crippen LogP contribution in [0.25, 0.3) is 0 Å². The normalized spacial score (nSPS) is 18.6. The molecule has 1 aliphatic carbocycles. The number of hydrogen-bond acceptors (Lipinski definition) is 3. The molecule has 19 heavy (non-hydrogen) atoms. The van der Waals surface area contributed by atoms with Gasteiger partial charge in [-0.05, 0) is 25.2 Å². The van der Waals surface area contributed by atoms with Crippen LogP contribution in [-0.4, -0.2) is 16.5 Å². The lowest BCUT2D eigenvalue weighted by Gasteiger charge is -2.33. The smallest absolute Gasteiger partial charge is 0.133 e. The van der Waals surface area contributed by atoms with E-state index >= 15 is 0 Å². The van der Waals surface area contributed by atoms with Gasteiger partial charge in [0.05, 0.1) is 0 Å². The number of nitrogens with zero attached hydrogens (tertiary/aromatic N) is 2. The van der Waals surface area contributed by atoms with E-state index in [0.29, 0.717) is 11.3 Å². The van der Waals surface area contributed by atoms with Gasteiger partial charge in [-0.25, -0.2) is 9.97 Å². The highest BCUT2D eigenvalue weighted by molar-refractivity contribution is 5.36. The summed E-state index contributed by atoms with van der Waals surface area (Å²) in [7, 11) is 0. The van der Waals surface area contributed by atoms with E-state index < -0.39 is 0 Å². The zero-order valence-corrected chi connectivity index (χ0v) is 12.8. The summed E-state index contributed by atoms with van der Waals surface area (Å²) in [6, 6.07) is 2.05. The third-order valence-corrected chi connectivity index (χ3v) is 4.14. The summed E-state index contributed by atoms with van der Waals surface area (Å²) < 4.78 is 0. The zero-order valence-electron chi connectivity index (χ0n) is 12.8. The summed E-state index contributed by atoms with van der Waals surface area (Å²) in [6.07, 6.45) is 6.82. The molecule has 1 N–H and O–H groups in total. The van der Waals surface area contributed by atoms with Crippen molar-refractivity contribution in [3.8, 4) is 0 Å². The van der Waals surface area contributed by atoms with Crippen molar-refractivity contribution in [2.75, 3.05) is 11.9 Å². The van der Waals surface area contributed by atoms with Crippen molar-refractivity contribution >= 4 is 5.82 Å². The van der Waals surface area contributed by atoms with Crippen LogP contribution in [0, 0.1) is 12.3 Å². The molecule has 0 spiro atoms. The van der Waals surface area contributed by atoms with E-state index in [0.717, 1.165) is 23.9 Å². The van der Waals surface area contributed by atoms with Crippen LogP contribution in [0.5, 0.6) is 0 Å². The fourth-order valence-corrected chi connectivity index (χ4v) is 2.83. The van der Waals surface area contributed by atoms with E-state index in [1.54, 1.807) is 0 Å². The number of nitrogens with one attached hydrogen (secondary N) is 1. The molecule has 0 aliphatic heterocycles. The molecule has 2 rings (SSSR count). The maximum atomic E-state index is 4.63. The molecule has 0 atom stereocenters. The van der Waals surface area contributed by atoms with Crippen molar-refractivity contribution in [3.63, 3.8) is 0 Å². The van der Waals surface area contributed by atoms with Crippen molar-refractivity contribution in [1.29, 1.82) is 0 Å². The van der Waals surface area contributed by atoms with Crippen LogP contribution in [0.15, 0.2) is 6.07 Å². The molecule has 1 saturated carbocycles. The Kier molecular flexibility index (Phi) is 4.43. The molecule has 1 aliphatic rings. The van der Waals surface area contributed by atoms with Crippen LogP contribution in [-0.2, 0) is 0 Å². The molecular formula is C16H27N3. The number of rotatable bonds is 4. The Bertz CT molecular complexity index is 420. The summed E-state index contributed by atoms with van der Waals surface area (Å²) in [6.45, 7) is 9.75. The third kappa shape index (κ3) is 3.92. The minimum absolute atomic E-state index is 0.380. The van der Waals surface area contributed by atoms with Gasteiger partial charge in [0.1, 0.15) is 11.6 Å². The molecular weight excluding hydrogens is 234 g/mol. The largest absolute Gasteiger partial charge is 0.369 e. The van der Waals surface area contributed by atoms with Gasteiger partial charge in [0.25, 0.3) is 0 Å². The van der Waals surface area contributed by atoms with Crippen molar-refractivity contribution in [3.05, 3.63) is 17.6 Å². The Balaban J connectivity index is 2.02. The summed E-state index contributed by atoms with van der Waals surface area (Å²) in [5, 5.41) is 3.54. The average molecular weight is 261 g/mol.